The van der Waals surface area contributed by atoms with Crippen LogP contribution >= 0.6 is 0 Å². The topological polar surface area (TPSA) is 99.1 Å². The van der Waals surface area contributed by atoms with E-state index in [4.69, 9.17) is 10.1 Å². The molecule has 1 spiro atoms. The number of hydrogen-bond acceptors (Lipinski definition) is 4. The lowest BCUT2D eigenvalue weighted by Crippen LogP contribution is -2.51. The van der Waals surface area contributed by atoms with E-state index in [1.54, 1.807) is 12.1 Å². The largest absolute Gasteiger partial charge is 0.481 e. The summed E-state index contributed by atoms with van der Waals surface area (Å²) in [4.78, 5) is 44.9. The van der Waals surface area contributed by atoms with Crippen molar-refractivity contribution in [2.45, 2.75) is 116 Å². The summed E-state index contributed by atoms with van der Waals surface area (Å²) in [5.74, 6) is 0.126. The van der Waals surface area contributed by atoms with Crippen LogP contribution in [0.1, 0.15) is 127 Å². The maximum atomic E-state index is 14.1. The number of aliphatic imine (C=N–C) groups is 1. The van der Waals surface area contributed by atoms with Crippen molar-refractivity contribution in [2.75, 3.05) is 6.54 Å². The summed E-state index contributed by atoms with van der Waals surface area (Å²) in [5, 5.41) is 11.5. The average Bonchev–Trinajstić information content (AvgIpc) is 3.67. The van der Waals surface area contributed by atoms with Crippen LogP contribution in [0.2, 0.25) is 0 Å². The monoisotopic (exact) mass is 537 g/mol. The fourth-order valence-corrected chi connectivity index (χ4v) is 6.41. The van der Waals surface area contributed by atoms with E-state index in [1.807, 2.05) is 12.1 Å². The van der Waals surface area contributed by atoms with Crippen molar-refractivity contribution in [3.8, 4) is 0 Å². The van der Waals surface area contributed by atoms with Gasteiger partial charge in [-0.25, -0.2) is 0 Å². The highest BCUT2D eigenvalue weighted by atomic mass is 16.4. The summed E-state index contributed by atoms with van der Waals surface area (Å²) in [5.41, 5.74) is 2.10. The molecule has 3 aliphatic rings. The SMILES string of the molecule is CCCCC[C@H](c1ccc(C(=O)NCCC(=O)O)cc1)N1C(=O)C(CC2CC2)=NC12CCC(C(C)(C)C)CC2. The second-order valence-electron chi connectivity index (χ2n) is 13.0. The normalized spacial score (nSPS) is 24.1. The number of rotatable bonds is 12. The number of hydrogen-bond donors (Lipinski definition) is 2. The molecule has 0 saturated heterocycles. The Morgan fingerprint density at radius 3 is 2.33 bits per heavy atom. The van der Waals surface area contributed by atoms with E-state index in [-0.39, 0.29) is 36.2 Å². The molecule has 1 heterocycles. The van der Waals surface area contributed by atoms with Crippen molar-refractivity contribution in [2.24, 2.45) is 22.2 Å². The molecule has 4 rings (SSSR count). The second kappa shape index (κ2) is 12.2. The molecule has 0 aromatic heterocycles. The number of carbonyl (C=O) groups excluding carboxylic acids is 2. The van der Waals surface area contributed by atoms with Crippen LogP contribution in [-0.2, 0) is 9.59 Å². The quantitative estimate of drug-likeness (QED) is 0.296. The summed E-state index contributed by atoms with van der Waals surface area (Å²) >= 11 is 0. The number of benzene rings is 1. The molecule has 7 nitrogen and oxygen atoms in total. The first kappa shape index (κ1) is 29.3. The van der Waals surface area contributed by atoms with Gasteiger partial charge in [-0.3, -0.25) is 19.4 Å². The smallest absolute Gasteiger partial charge is 0.305 e. The molecule has 0 unspecified atom stereocenters. The lowest BCUT2D eigenvalue weighted by atomic mass is 9.69. The third-order valence-electron chi connectivity index (χ3n) is 9.02. The van der Waals surface area contributed by atoms with Gasteiger partial charge in [0.05, 0.1) is 12.5 Å². The average molecular weight is 538 g/mol. The fraction of sp³-hybridized carbons (Fsp3) is 0.688. The van der Waals surface area contributed by atoms with Crippen molar-refractivity contribution in [1.29, 1.82) is 0 Å². The Morgan fingerprint density at radius 1 is 1.10 bits per heavy atom. The van der Waals surface area contributed by atoms with Gasteiger partial charge < -0.3 is 15.3 Å². The van der Waals surface area contributed by atoms with Crippen LogP contribution in [0.4, 0.5) is 0 Å². The summed E-state index contributed by atoms with van der Waals surface area (Å²) in [6, 6.07) is 7.47. The summed E-state index contributed by atoms with van der Waals surface area (Å²) in [6.45, 7) is 9.25. The van der Waals surface area contributed by atoms with E-state index in [2.05, 4.69) is 37.9 Å². The van der Waals surface area contributed by atoms with Crippen LogP contribution in [0.15, 0.2) is 29.3 Å². The maximum absolute atomic E-state index is 14.1. The number of carbonyl (C=O) groups is 3. The molecule has 39 heavy (non-hydrogen) atoms. The van der Waals surface area contributed by atoms with Gasteiger partial charge in [-0.05, 0) is 86.3 Å². The Hall–Kier alpha value is -2.70. The van der Waals surface area contributed by atoms with Gasteiger partial charge in [0.1, 0.15) is 11.4 Å². The molecule has 214 valence electrons. The van der Waals surface area contributed by atoms with Gasteiger partial charge in [0, 0.05) is 12.1 Å². The van der Waals surface area contributed by atoms with Crippen LogP contribution < -0.4 is 5.32 Å². The second-order valence-corrected chi connectivity index (χ2v) is 13.0. The van der Waals surface area contributed by atoms with E-state index >= 15 is 0 Å². The van der Waals surface area contributed by atoms with Crippen LogP contribution in [0.3, 0.4) is 0 Å². The van der Waals surface area contributed by atoms with Gasteiger partial charge in [0.15, 0.2) is 0 Å². The summed E-state index contributed by atoms with van der Waals surface area (Å²) in [7, 11) is 0. The number of nitrogens with zero attached hydrogens (tertiary/aromatic N) is 2. The Balaban J connectivity index is 1.60. The molecular weight excluding hydrogens is 490 g/mol. The zero-order valence-electron chi connectivity index (χ0n) is 24.3. The first-order chi connectivity index (χ1) is 18.5. The van der Waals surface area contributed by atoms with Crippen molar-refractivity contribution in [3.63, 3.8) is 0 Å². The van der Waals surface area contributed by atoms with E-state index in [0.29, 0.717) is 17.4 Å². The van der Waals surface area contributed by atoms with Gasteiger partial charge in [-0.2, -0.15) is 0 Å². The standard InChI is InChI=1S/C32H47N3O4/c1-5-6-7-8-27(23-11-13-24(14-12-23)29(38)33-20-17-28(36)37)35-30(39)26(21-22-9-10-22)34-32(35)18-15-25(16-19-32)31(2,3)4/h11-14,22,25,27H,5-10,15-21H2,1-4H3,(H,33,38)(H,36,37)/t25?,27-,32?/m1/s1. The molecule has 7 heteroatoms. The third-order valence-corrected chi connectivity index (χ3v) is 9.02. The van der Waals surface area contributed by atoms with Crippen molar-refractivity contribution >= 4 is 23.5 Å². The number of aliphatic carboxylic acids is 1. The first-order valence-corrected chi connectivity index (χ1v) is 15.1. The molecule has 0 bridgehead atoms. The Morgan fingerprint density at radius 2 is 1.77 bits per heavy atom. The van der Waals surface area contributed by atoms with Crippen LogP contribution in [0.25, 0.3) is 0 Å². The Labute approximate surface area is 233 Å². The minimum absolute atomic E-state index is 0.0835. The Kier molecular flexibility index (Phi) is 9.18. The molecule has 0 radical (unpaired) electrons. The summed E-state index contributed by atoms with van der Waals surface area (Å²) in [6.07, 6.45) is 11.2. The van der Waals surface area contributed by atoms with Crippen LogP contribution in [0, 0.1) is 17.3 Å². The van der Waals surface area contributed by atoms with E-state index in [0.717, 1.165) is 69.1 Å². The van der Waals surface area contributed by atoms with Crippen molar-refractivity contribution < 1.29 is 19.5 Å². The molecule has 2 saturated carbocycles. The highest BCUT2D eigenvalue weighted by Crippen LogP contribution is 2.50. The number of carboxylic acids is 1. The van der Waals surface area contributed by atoms with Crippen LogP contribution in [-0.4, -0.2) is 45.7 Å². The zero-order valence-corrected chi connectivity index (χ0v) is 24.3. The van der Waals surface area contributed by atoms with E-state index in [9.17, 15) is 14.4 Å². The molecular formula is C32H47N3O4. The van der Waals surface area contributed by atoms with Crippen LogP contribution in [0.5, 0.6) is 0 Å². The predicted molar refractivity (Wildman–Crippen MR) is 154 cm³/mol. The number of nitrogens with one attached hydrogen (secondary N) is 1. The molecule has 1 aliphatic heterocycles. The van der Waals surface area contributed by atoms with Gasteiger partial charge in [-0.1, -0.05) is 59.1 Å². The number of amides is 2. The molecule has 2 amide bonds. The molecule has 2 aliphatic carbocycles. The zero-order chi connectivity index (χ0) is 28.2. The van der Waals surface area contributed by atoms with Gasteiger partial charge in [0.2, 0.25) is 0 Å². The fourth-order valence-electron chi connectivity index (χ4n) is 6.41. The summed E-state index contributed by atoms with van der Waals surface area (Å²) < 4.78 is 0. The maximum Gasteiger partial charge on any atom is 0.305 e. The van der Waals surface area contributed by atoms with Gasteiger partial charge >= 0.3 is 5.97 Å². The van der Waals surface area contributed by atoms with Gasteiger partial charge in [-0.15, -0.1) is 0 Å². The minimum atomic E-state index is -0.940. The molecule has 1 aromatic rings. The molecule has 1 aromatic carbocycles. The third kappa shape index (κ3) is 7.09. The molecule has 2 N–H and O–H groups in total. The first-order valence-electron chi connectivity index (χ1n) is 15.1. The highest BCUT2D eigenvalue weighted by molar-refractivity contribution is 6.40. The van der Waals surface area contributed by atoms with E-state index < -0.39 is 11.6 Å². The minimum Gasteiger partial charge on any atom is -0.481 e. The Bertz CT molecular complexity index is 1060. The lowest BCUT2D eigenvalue weighted by Gasteiger charge is -2.47. The van der Waals surface area contributed by atoms with Crippen molar-refractivity contribution in [1.82, 2.24) is 10.2 Å². The molecule has 2 fully saturated rings. The number of unbranched alkanes of at least 4 members (excludes halogenated alkanes) is 2. The highest BCUT2D eigenvalue weighted by Gasteiger charge is 2.52. The lowest BCUT2D eigenvalue weighted by molar-refractivity contribution is -0.137. The van der Waals surface area contributed by atoms with Crippen molar-refractivity contribution in [3.05, 3.63) is 35.4 Å². The number of carboxylic acid groups (broad SMARTS) is 1. The predicted octanol–water partition coefficient (Wildman–Crippen LogP) is 6.53. The van der Waals surface area contributed by atoms with Gasteiger partial charge in [0.25, 0.3) is 11.8 Å². The molecule has 1 atom stereocenters. The van der Waals surface area contributed by atoms with E-state index in [1.165, 1.54) is 12.8 Å².